The molecule has 3 nitrogen and oxygen atoms in total. The van der Waals surface area contributed by atoms with E-state index in [0.29, 0.717) is 0 Å². The highest BCUT2D eigenvalue weighted by atomic mass is 79.9. The third-order valence-electron chi connectivity index (χ3n) is 2.23. The van der Waals surface area contributed by atoms with Crippen molar-refractivity contribution < 1.29 is 14.2 Å². The molecule has 0 aromatic heterocycles. The van der Waals surface area contributed by atoms with Gasteiger partial charge in [0, 0.05) is 11.8 Å². The van der Waals surface area contributed by atoms with E-state index in [0.717, 1.165) is 37.8 Å². The molecule has 0 aliphatic carbocycles. The Balaban J connectivity index is 1.97. The standard InChI is InChI=1S/C8H13BrO3/c9-6-7-2-5-11-8(12-7)3-1-4-10-8/h7H,1-6H2. The summed E-state index contributed by atoms with van der Waals surface area (Å²) >= 11 is 3.41. The SMILES string of the molecule is BrCC1CCOC2(CCCO2)O1. The molecule has 0 radical (unpaired) electrons. The van der Waals surface area contributed by atoms with Gasteiger partial charge in [-0.3, -0.25) is 0 Å². The van der Waals surface area contributed by atoms with Crippen molar-refractivity contribution in [3.63, 3.8) is 0 Å². The largest absolute Gasteiger partial charge is 0.327 e. The van der Waals surface area contributed by atoms with Gasteiger partial charge in [0.1, 0.15) is 0 Å². The number of ether oxygens (including phenoxy) is 3. The summed E-state index contributed by atoms with van der Waals surface area (Å²) in [4.78, 5) is 0. The highest BCUT2D eigenvalue weighted by molar-refractivity contribution is 9.09. The average molecular weight is 237 g/mol. The van der Waals surface area contributed by atoms with Crippen LogP contribution in [0.3, 0.4) is 0 Å². The van der Waals surface area contributed by atoms with E-state index >= 15 is 0 Å². The van der Waals surface area contributed by atoms with E-state index in [-0.39, 0.29) is 6.10 Å². The van der Waals surface area contributed by atoms with E-state index in [1.807, 2.05) is 0 Å². The summed E-state index contributed by atoms with van der Waals surface area (Å²) in [5.41, 5.74) is 0. The molecule has 2 atom stereocenters. The van der Waals surface area contributed by atoms with Crippen LogP contribution in [-0.4, -0.2) is 30.6 Å². The van der Waals surface area contributed by atoms with Gasteiger partial charge in [-0.15, -0.1) is 0 Å². The van der Waals surface area contributed by atoms with Crippen LogP contribution in [0.15, 0.2) is 0 Å². The average Bonchev–Trinajstić information content (AvgIpc) is 2.53. The molecule has 2 unspecified atom stereocenters. The number of alkyl halides is 1. The van der Waals surface area contributed by atoms with Gasteiger partial charge in [-0.2, -0.15) is 0 Å². The van der Waals surface area contributed by atoms with E-state index < -0.39 is 5.97 Å². The van der Waals surface area contributed by atoms with Crippen LogP contribution in [0.5, 0.6) is 0 Å². The first-order chi connectivity index (χ1) is 5.85. The molecule has 2 fully saturated rings. The molecule has 0 saturated carbocycles. The second-order valence-corrected chi connectivity index (χ2v) is 3.81. The van der Waals surface area contributed by atoms with E-state index in [1.54, 1.807) is 0 Å². The molecule has 0 bridgehead atoms. The normalized spacial score (nSPS) is 42.2. The molecule has 2 heterocycles. The summed E-state index contributed by atoms with van der Waals surface area (Å²) in [6.07, 6.45) is 3.11. The van der Waals surface area contributed by atoms with Crippen LogP contribution in [0, 0.1) is 0 Å². The van der Waals surface area contributed by atoms with E-state index in [9.17, 15) is 0 Å². The first-order valence-corrected chi connectivity index (χ1v) is 5.48. The van der Waals surface area contributed by atoms with E-state index in [4.69, 9.17) is 14.2 Å². The van der Waals surface area contributed by atoms with Crippen molar-refractivity contribution in [2.24, 2.45) is 0 Å². The second-order valence-electron chi connectivity index (χ2n) is 3.17. The number of hydrogen-bond acceptors (Lipinski definition) is 3. The van der Waals surface area contributed by atoms with Crippen LogP contribution in [0.1, 0.15) is 19.3 Å². The Kier molecular flexibility index (Phi) is 2.69. The predicted molar refractivity (Wildman–Crippen MR) is 47.2 cm³/mol. The third-order valence-corrected chi connectivity index (χ3v) is 2.95. The molecule has 4 heteroatoms. The van der Waals surface area contributed by atoms with Crippen molar-refractivity contribution in [3.8, 4) is 0 Å². The van der Waals surface area contributed by atoms with Gasteiger partial charge in [0.25, 0.3) is 5.97 Å². The van der Waals surface area contributed by atoms with Gasteiger partial charge >= 0.3 is 0 Å². The zero-order valence-corrected chi connectivity index (χ0v) is 8.51. The fraction of sp³-hybridized carbons (Fsp3) is 1.00. The summed E-state index contributed by atoms with van der Waals surface area (Å²) in [6, 6.07) is 0. The quantitative estimate of drug-likeness (QED) is 0.649. The fourth-order valence-electron chi connectivity index (χ4n) is 1.60. The fourth-order valence-corrected chi connectivity index (χ4v) is 2.05. The number of halogens is 1. The van der Waals surface area contributed by atoms with E-state index in [2.05, 4.69) is 15.9 Å². The molecule has 0 aromatic rings. The Morgan fingerprint density at radius 1 is 1.33 bits per heavy atom. The van der Waals surface area contributed by atoms with E-state index in [1.165, 1.54) is 0 Å². The molecule has 0 aromatic carbocycles. The van der Waals surface area contributed by atoms with Crippen LogP contribution in [0.2, 0.25) is 0 Å². The third kappa shape index (κ3) is 1.66. The smallest absolute Gasteiger partial charge is 0.283 e. The lowest BCUT2D eigenvalue weighted by molar-refractivity contribution is -0.395. The lowest BCUT2D eigenvalue weighted by Crippen LogP contribution is -2.44. The molecular formula is C8H13BrO3. The highest BCUT2D eigenvalue weighted by Crippen LogP contribution is 2.33. The topological polar surface area (TPSA) is 27.7 Å². The molecule has 0 N–H and O–H groups in total. The lowest BCUT2D eigenvalue weighted by atomic mass is 10.2. The molecule has 2 rings (SSSR count). The van der Waals surface area contributed by atoms with Crippen molar-refractivity contribution >= 4 is 15.9 Å². The van der Waals surface area contributed by atoms with Crippen molar-refractivity contribution in [2.45, 2.75) is 31.3 Å². The molecule has 0 amide bonds. The maximum atomic E-state index is 5.69. The molecule has 2 aliphatic heterocycles. The highest BCUT2D eigenvalue weighted by Gasteiger charge is 2.42. The second kappa shape index (κ2) is 3.62. The van der Waals surface area contributed by atoms with Crippen LogP contribution in [0.25, 0.3) is 0 Å². The Bertz CT molecular complexity index is 156. The molecule has 2 saturated heterocycles. The van der Waals surface area contributed by atoms with Crippen molar-refractivity contribution in [1.29, 1.82) is 0 Å². The molecular weight excluding hydrogens is 224 g/mol. The Hall–Kier alpha value is 0.360. The van der Waals surface area contributed by atoms with Crippen molar-refractivity contribution in [1.82, 2.24) is 0 Å². The maximum Gasteiger partial charge on any atom is 0.283 e. The first-order valence-electron chi connectivity index (χ1n) is 4.36. The molecule has 12 heavy (non-hydrogen) atoms. The Morgan fingerprint density at radius 2 is 2.17 bits per heavy atom. The summed E-state index contributed by atoms with van der Waals surface area (Å²) in [6.45, 7) is 1.51. The summed E-state index contributed by atoms with van der Waals surface area (Å²) in [5, 5.41) is 0.863. The summed E-state index contributed by atoms with van der Waals surface area (Å²) < 4.78 is 16.6. The van der Waals surface area contributed by atoms with Crippen molar-refractivity contribution in [2.75, 3.05) is 18.5 Å². The Morgan fingerprint density at radius 3 is 2.83 bits per heavy atom. The van der Waals surface area contributed by atoms with Crippen LogP contribution >= 0.6 is 15.9 Å². The van der Waals surface area contributed by atoms with Crippen LogP contribution < -0.4 is 0 Å². The van der Waals surface area contributed by atoms with Gasteiger partial charge in [-0.25, -0.2) is 0 Å². The number of rotatable bonds is 1. The monoisotopic (exact) mass is 236 g/mol. The van der Waals surface area contributed by atoms with Gasteiger partial charge < -0.3 is 14.2 Å². The first kappa shape index (κ1) is 8.94. The Labute approximate surface area is 80.5 Å². The van der Waals surface area contributed by atoms with Gasteiger partial charge in [0.05, 0.1) is 19.3 Å². The minimum absolute atomic E-state index is 0.247. The molecule has 70 valence electrons. The minimum Gasteiger partial charge on any atom is -0.327 e. The summed E-state index contributed by atoms with van der Waals surface area (Å²) in [5.74, 6) is -0.684. The minimum atomic E-state index is -0.684. The van der Waals surface area contributed by atoms with Crippen LogP contribution in [-0.2, 0) is 14.2 Å². The zero-order chi connectivity index (χ0) is 8.44. The lowest BCUT2D eigenvalue weighted by Gasteiger charge is -2.36. The number of hydrogen-bond donors (Lipinski definition) is 0. The van der Waals surface area contributed by atoms with Gasteiger partial charge in [0.15, 0.2) is 0 Å². The van der Waals surface area contributed by atoms with Gasteiger partial charge in [0.2, 0.25) is 0 Å². The predicted octanol–water partition coefficient (Wildman–Crippen LogP) is 1.65. The van der Waals surface area contributed by atoms with Gasteiger partial charge in [-0.1, -0.05) is 15.9 Å². The zero-order valence-electron chi connectivity index (χ0n) is 6.92. The molecule has 2 aliphatic rings. The maximum absolute atomic E-state index is 5.69. The summed E-state index contributed by atoms with van der Waals surface area (Å²) in [7, 11) is 0. The van der Waals surface area contributed by atoms with Crippen LogP contribution in [0.4, 0.5) is 0 Å². The van der Waals surface area contributed by atoms with Gasteiger partial charge in [-0.05, 0) is 12.8 Å². The van der Waals surface area contributed by atoms with Crippen molar-refractivity contribution in [3.05, 3.63) is 0 Å². The molecule has 1 spiro atoms.